The van der Waals surface area contributed by atoms with Crippen LogP contribution in [0, 0.1) is 5.82 Å². The third-order valence-electron chi connectivity index (χ3n) is 2.71. The molecular weight excluding hydrogens is 305 g/mol. The van der Waals surface area contributed by atoms with Crippen LogP contribution in [0.15, 0.2) is 45.9 Å². The third kappa shape index (κ3) is 4.94. The van der Waals surface area contributed by atoms with Crippen LogP contribution in [0.25, 0.3) is 11.3 Å². The van der Waals surface area contributed by atoms with E-state index in [1.165, 1.54) is 18.3 Å². The molecule has 0 atom stereocenters. The van der Waals surface area contributed by atoms with Crippen LogP contribution in [0.4, 0.5) is 4.39 Å². The number of halogens is 1. The van der Waals surface area contributed by atoms with Gasteiger partial charge in [0.15, 0.2) is 5.11 Å². The molecule has 2 aromatic rings. The van der Waals surface area contributed by atoms with Crippen LogP contribution < -0.4 is 10.7 Å². The highest BCUT2D eigenvalue weighted by atomic mass is 32.1. The van der Waals surface area contributed by atoms with E-state index in [0.29, 0.717) is 29.8 Å². The molecule has 0 aliphatic heterocycles. The van der Waals surface area contributed by atoms with Crippen molar-refractivity contribution in [2.45, 2.75) is 0 Å². The fourth-order valence-corrected chi connectivity index (χ4v) is 1.81. The van der Waals surface area contributed by atoms with E-state index in [0.717, 1.165) is 5.56 Å². The Morgan fingerprint density at radius 3 is 2.82 bits per heavy atom. The number of hydrogen-bond donors (Lipinski definition) is 2. The van der Waals surface area contributed by atoms with E-state index in [-0.39, 0.29) is 5.82 Å². The minimum Gasteiger partial charge on any atom is -0.455 e. The number of furan rings is 1. The number of hydrazone groups is 1. The van der Waals surface area contributed by atoms with E-state index >= 15 is 0 Å². The fraction of sp³-hybridized carbons (Fsp3) is 0.200. The maximum absolute atomic E-state index is 12.9. The SMILES string of the molecule is COCCNC(=S)NN=Cc1ccc(-c2ccc(F)cc2)o1. The van der Waals surface area contributed by atoms with E-state index in [9.17, 15) is 4.39 Å². The van der Waals surface area contributed by atoms with Gasteiger partial charge in [-0.1, -0.05) is 0 Å². The molecule has 0 fully saturated rings. The lowest BCUT2D eigenvalue weighted by molar-refractivity contribution is 0.204. The molecule has 1 heterocycles. The Bertz CT molecular complexity index is 640. The molecule has 0 radical (unpaired) electrons. The zero-order valence-electron chi connectivity index (χ0n) is 12.0. The zero-order valence-corrected chi connectivity index (χ0v) is 12.8. The van der Waals surface area contributed by atoms with Crippen LogP contribution in [0.3, 0.4) is 0 Å². The third-order valence-corrected chi connectivity index (χ3v) is 2.94. The molecule has 0 saturated carbocycles. The molecule has 0 unspecified atom stereocenters. The summed E-state index contributed by atoms with van der Waals surface area (Å²) in [5.74, 6) is 0.921. The number of nitrogens with one attached hydrogen (secondary N) is 2. The van der Waals surface area contributed by atoms with Gasteiger partial charge in [-0.05, 0) is 48.6 Å². The summed E-state index contributed by atoms with van der Waals surface area (Å²) >= 11 is 5.02. The topological polar surface area (TPSA) is 58.8 Å². The summed E-state index contributed by atoms with van der Waals surface area (Å²) in [6.45, 7) is 1.16. The van der Waals surface area contributed by atoms with Gasteiger partial charge in [0.05, 0.1) is 12.8 Å². The number of nitrogens with zero attached hydrogens (tertiary/aromatic N) is 1. The van der Waals surface area contributed by atoms with Gasteiger partial charge >= 0.3 is 0 Å². The van der Waals surface area contributed by atoms with Gasteiger partial charge in [-0.15, -0.1) is 0 Å². The van der Waals surface area contributed by atoms with Crippen LogP contribution in [0.1, 0.15) is 5.76 Å². The largest absolute Gasteiger partial charge is 0.455 e. The zero-order chi connectivity index (χ0) is 15.8. The minimum atomic E-state index is -0.282. The normalized spacial score (nSPS) is 10.8. The van der Waals surface area contributed by atoms with Crippen molar-refractivity contribution in [2.75, 3.05) is 20.3 Å². The van der Waals surface area contributed by atoms with Gasteiger partial charge in [0, 0.05) is 19.2 Å². The van der Waals surface area contributed by atoms with Crippen molar-refractivity contribution in [3.63, 3.8) is 0 Å². The average molecular weight is 321 g/mol. The summed E-state index contributed by atoms with van der Waals surface area (Å²) in [7, 11) is 1.62. The number of methoxy groups -OCH3 is 1. The standard InChI is InChI=1S/C15H16FN3O2S/c1-20-9-8-17-15(22)19-18-10-13-6-7-14(21-13)11-2-4-12(16)5-3-11/h2-7,10H,8-9H2,1H3,(H2,17,19,22). The monoisotopic (exact) mass is 321 g/mol. The Morgan fingerprint density at radius 1 is 1.32 bits per heavy atom. The predicted molar refractivity (Wildman–Crippen MR) is 87.3 cm³/mol. The van der Waals surface area contributed by atoms with Crippen molar-refractivity contribution < 1.29 is 13.5 Å². The highest BCUT2D eigenvalue weighted by Crippen LogP contribution is 2.21. The second-order valence-corrected chi connectivity index (χ2v) is 4.74. The highest BCUT2D eigenvalue weighted by Gasteiger charge is 2.03. The number of thiocarbonyl (C=S) groups is 1. The number of rotatable bonds is 6. The molecule has 116 valence electrons. The van der Waals surface area contributed by atoms with Gasteiger partial charge in [-0.25, -0.2) is 4.39 Å². The molecular formula is C15H16FN3O2S. The van der Waals surface area contributed by atoms with Crippen LogP contribution in [0.5, 0.6) is 0 Å². The summed E-state index contributed by atoms with van der Waals surface area (Å²) in [5.41, 5.74) is 3.47. The summed E-state index contributed by atoms with van der Waals surface area (Å²) in [6, 6.07) is 9.65. The Labute approximate surface area is 133 Å². The van der Waals surface area contributed by atoms with Crippen LogP contribution in [0.2, 0.25) is 0 Å². The van der Waals surface area contributed by atoms with E-state index in [1.54, 1.807) is 31.4 Å². The van der Waals surface area contributed by atoms with E-state index in [4.69, 9.17) is 21.4 Å². The van der Waals surface area contributed by atoms with Gasteiger partial charge in [-0.2, -0.15) is 5.10 Å². The minimum absolute atomic E-state index is 0.282. The van der Waals surface area contributed by atoms with Gasteiger partial charge in [-0.3, -0.25) is 5.43 Å². The molecule has 22 heavy (non-hydrogen) atoms. The van der Waals surface area contributed by atoms with Crippen molar-refractivity contribution in [3.05, 3.63) is 48.0 Å². The van der Waals surface area contributed by atoms with E-state index in [2.05, 4.69) is 15.8 Å². The molecule has 0 amide bonds. The van der Waals surface area contributed by atoms with Crippen LogP contribution in [-0.4, -0.2) is 31.6 Å². The summed E-state index contributed by atoms with van der Waals surface area (Å²) in [6.07, 6.45) is 1.51. The van der Waals surface area contributed by atoms with E-state index < -0.39 is 0 Å². The lowest BCUT2D eigenvalue weighted by Gasteiger charge is -2.05. The molecule has 0 spiro atoms. The second-order valence-electron chi connectivity index (χ2n) is 4.33. The number of benzene rings is 1. The fourth-order valence-electron chi connectivity index (χ4n) is 1.65. The highest BCUT2D eigenvalue weighted by molar-refractivity contribution is 7.80. The molecule has 1 aromatic heterocycles. The van der Waals surface area contributed by atoms with Crippen molar-refractivity contribution in [2.24, 2.45) is 5.10 Å². The average Bonchev–Trinajstić information content (AvgIpc) is 2.97. The first-order valence-electron chi connectivity index (χ1n) is 6.60. The summed E-state index contributed by atoms with van der Waals surface area (Å²) in [4.78, 5) is 0. The Hall–Kier alpha value is -2.25. The van der Waals surface area contributed by atoms with Crippen LogP contribution in [-0.2, 0) is 4.74 Å². The Morgan fingerprint density at radius 2 is 2.09 bits per heavy atom. The quantitative estimate of drug-likeness (QED) is 0.371. The van der Waals surface area contributed by atoms with Gasteiger partial charge in [0.25, 0.3) is 0 Å². The van der Waals surface area contributed by atoms with E-state index in [1.807, 2.05) is 0 Å². The first-order chi connectivity index (χ1) is 10.7. The first-order valence-corrected chi connectivity index (χ1v) is 7.01. The van der Waals surface area contributed by atoms with Gasteiger partial charge in [0.1, 0.15) is 17.3 Å². The molecule has 1 aromatic carbocycles. The Kier molecular flexibility index (Phi) is 6.05. The molecule has 5 nitrogen and oxygen atoms in total. The van der Waals surface area contributed by atoms with Crippen molar-refractivity contribution in [1.82, 2.24) is 10.7 Å². The first kappa shape index (κ1) is 16.1. The summed E-state index contributed by atoms with van der Waals surface area (Å²) in [5, 5.41) is 7.29. The lowest BCUT2D eigenvalue weighted by Crippen LogP contribution is -2.34. The van der Waals surface area contributed by atoms with Gasteiger partial charge < -0.3 is 14.5 Å². The predicted octanol–water partition coefficient (Wildman–Crippen LogP) is 2.53. The number of ether oxygens (including phenoxy) is 1. The van der Waals surface area contributed by atoms with Gasteiger partial charge in [0.2, 0.25) is 0 Å². The Balaban J connectivity index is 1.87. The van der Waals surface area contributed by atoms with Crippen molar-refractivity contribution in [3.8, 4) is 11.3 Å². The molecule has 2 N–H and O–H groups in total. The maximum Gasteiger partial charge on any atom is 0.187 e. The lowest BCUT2D eigenvalue weighted by atomic mass is 10.2. The summed E-state index contributed by atoms with van der Waals surface area (Å²) < 4.78 is 23.4. The molecule has 0 saturated heterocycles. The molecule has 0 bridgehead atoms. The molecule has 7 heteroatoms. The number of hydrogen-bond acceptors (Lipinski definition) is 4. The van der Waals surface area contributed by atoms with Crippen molar-refractivity contribution >= 4 is 23.5 Å². The molecule has 0 aliphatic rings. The smallest absolute Gasteiger partial charge is 0.187 e. The molecule has 2 rings (SSSR count). The second kappa shape index (κ2) is 8.26. The van der Waals surface area contributed by atoms with Crippen LogP contribution >= 0.6 is 12.2 Å². The van der Waals surface area contributed by atoms with Crippen molar-refractivity contribution in [1.29, 1.82) is 0 Å². The maximum atomic E-state index is 12.9. The molecule has 0 aliphatic carbocycles.